The first-order chi connectivity index (χ1) is 11.7. The normalized spacial score (nSPS) is 10.8. The monoisotopic (exact) mass is 324 g/mol. The number of hydrogen-bond donors (Lipinski definition) is 0. The Balaban J connectivity index is 1.67. The van der Waals surface area contributed by atoms with Gasteiger partial charge in [-0.1, -0.05) is 24.3 Å². The molecule has 0 aliphatic carbocycles. The minimum Gasteiger partial charge on any atom is -0.491 e. The highest BCUT2D eigenvalue weighted by molar-refractivity contribution is 5.81. The molecular weight excluding hydrogens is 304 g/mol. The molecule has 2 aromatic heterocycles. The number of hydrogen-bond acceptors (Lipinski definition) is 6. The molecule has 1 aromatic carbocycles. The van der Waals surface area contributed by atoms with Crippen molar-refractivity contribution in [2.45, 2.75) is 13.3 Å². The Kier molecular flexibility index (Phi) is 4.74. The van der Waals surface area contributed by atoms with E-state index in [1.807, 2.05) is 42.3 Å². The molecule has 0 atom stereocenters. The van der Waals surface area contributed by atoms with Gasteiger partial charge < -0.3 is 14.1 Å². The van der Waals surface area contributed by atoms with E-state index in [0.29, 0.717) is 30.3 Å². The largest absolute Gasteiger partial charge is 0.491 e. The van der Waals surface area contributed by atoms with Crippen molar-refractivity contribution in [2.24, 2.45) is 0 Å². The Morgan fingerprint density at radius 2 is 2.12 bits per heavy atom. The lowest BCUT2D eigenvalue weighted by molar-refractivity contribution is 0.323. The average molecular weight is 324 g/mol. The zero-order valence-corrected chi connectivity index (χ0v) is 13.9. The van der Waals surface area contributed by atoms with Crippen molar-refractivity contribution >= 4 is 17.0 Å². The van der Waals surface area contributed by atoms with Gasteiger partial charge in [-0.05, 0) is 18.1 Å². The fourth-order valence-corrected chi connectivity index (χ4v) is 2.49. The maximum atomic E-state index is 5.92. The highest BCUT2D eigenvalue weighted by Gasteiger charge is 2.14. The van der Waals surface area contributed by atoms with Crippen LogP contribution in [-0.4, -0.2) is 35.2 Å². The highest BCUT2D eigenvalue weighted by atomic mass is 16.5. The number of ether oxygens (including phenoxy) is 1. The van der Waals surface area contributed by atoms with E-state index in [-0.39, 0.29) is 0 Å². The minimum absolute atomic E-state index is 0.501. The van der Waals surface area contributed by atoms with Crippen LogP contribution in [-0.2, 0) is 6.42 Å². The Morgan fingerprint density at radius 3 is 2.96 bits per heavy atom. The lowest BCUT2D eigenvalue weighted by Crippen LogP contribution is -2.25. The lowest BCUT2D eigenvalue weighted by atomic mass is 10.1. The number of rotatable bonds is 7. The van der Waals surface area contributed by atoms with Gasteiger partial charge in [-0.2, -0.15) is 4.98 Å². The van der Waals surface area contributed by atoms with Crippen LogP contribution in [0.2, 0.25) is 0 Å². The van der Waals surface area contributed by atoms with Gasteiger partial charge in [0.1, 0.15) is 18.7 Å². The standard InChI is InChI=1S/C18H20N4O2/c1-4-7-14-8-5-6-9-15(14)23-11-10-22(3)17-16-18(20-12-19-17)24-13(2)21-16/h4-6,8-9,12H,1,7,10-11H2,2-3H3. The lowest BCUT2D eigenvalue weighted by Gasteiger charge is -2.18. The van der Waals surface area contributed by atoms with Gasteiger partial charge in [-0.15, -0.1) is 6.58 Å². The van der Waals surface area contributed by atoms with E-state index < -0.39 is 0 Å². The quantitative estimate of drug-likeness (QED) is 0.622. The van der Waals surface area contributed by atoms with Crippen molar-refractivity contribution in [2.75, 3.05) is 25.1 Å². The summed E-state index contributed by atoms with van der Waals surface area (Å²) >= 11 is 0. The third-order valence-electron chi connectivity index (χ3n) is 3.67. The van der Waals surface area contributed by atoms with Gasteiger partial charge in [0.2, 0.25) is 0 Å². The van der Waals surface area contributed by atoms with Crippen LogP contribution in [0.25, 0.3) is 11.2 Å². The fourth-order valence-electron chi connectivity index (χ4n) is 2.49. The van der Waals surface area contributed by atoms with E-state index >= 15 is 0 Å². The molecule has 0 spiro atoms. The first-order valence-electron chi connectivity index (χ1n) is 7.80. The van der Waals surface area contributed by atoms with Crippen LogP contribution in [0.4, 0.5) is 5.82 Å². The maximum Gasteiger partial charge on any atom is 0.252 e. The van der Waals surface area contributed by atoms with Crippen LogP contribution < -0.4 is 9.64 Å². The van der Waals surface area contributed by atoms with Gasteiger partial charge in [0.15, 0.2) is 17.2 Å². The van der Waals surface area contributed by atoms with E-state index in [9.17, 15) is 0 Å². The Morgan fingerprint density at radius 1 is 1.29 bits per heavy atom. The molecule has 0 saturated carbocycles. The van der Waals surface area contributed by atoms with Gasteiger partial charge in [0, 0.05) is 14.0 Å². The van der Waals surface area contributed by atoms with Crippen molar-refractivity contribution in [3.8, 4) is 5.75 Å². The number of aromatic nitrogens is 3. The number of anilines is 1. The highest BCUT2D eigenvalue weighted by Crippen LogP contribution is 2.22. The summed E-state index contributed by atoms with van der Waals surface area (Å²) in [6.07, 6.45) is 4.15. The molecule has 3 aromatic rings. The molecule has 0 radical (unpaired) electrons. The van der Waals surface area contributed by atoms with Crippen molar-refractivity contribution in [3.63, 3.8) is 0 Å². The summed E-state index contributed by atoms with van der Waals surface area (Å²) in [6, 6.07) is 8.00. The van der Waals surface area contributed by atoms with Gasteiger partial charge >= 0.3 is 0 Å². The van der Waals surface area contributed by atoms with Crippen molar-refractivity contribution in [1.29, 1.82) is 0 Å². The molecule has 0 bridgehead atoms. The first kappa shape index (κ1) is 16.0. The summed E-state index contributed by atoms with van der Waals surface area (Å²) in [7, 11) is 1.95. The second-order valence-corrected chi connectivity index (χ2v) is 5.45. The summed E-state index contributed by atoms with van der Waals surface area (Å²) in [5.74, 6) is 2.20. The molecule has 6 nitrogen and oxygen atoms in total. The Bertz CT molecular complexity index is 844. The number of likely N-dealkylation sites (N-methyl/N-ethyl adjacent to an activating group) is 1. The molecule has 124 valence electrons. The molecular formula is C18H20N4O2. The zero-order chi connectivity index (χ0) is 16.9. The minimum atomic E-state index is 0.501. The first-order valence-corrected chi connectivity index (χ1v) is 7.80. The number of nitrogens with zero attached hydrogens (tertiary/aromatic N) is 4. The topological polar surface area (TPSA) is 64.3 Å². The number of para-hydroxylation sites is 1. The molecule has 0 fully saturated rings. The molecule has 0 aliphatic rings. The van der Waals surface area contributed by atoms with Gasteiger partial charge in [0.05, 0.1) is 6.54 Å². The van der Waals surface area contributed by atoms with Crippen molar-refractivity contribution in [3.05, 3.63) is 54.7 Å². The summed E-state index contributed by atoms with van der Waals surface area (Å²) in [5.41, 5.74) is 2.30. The maximum absolute atomic E-state index is 5.92. The summed E-state index contributed by atoms with van der Waals surface area (Å²) in [6.45, 7) is 6.78. The van der Waals surface area contributed by atoms with E-state index in [1.165, 1.54) is 6.33 Å². The second-order valence-electron chi connectivity index (χ2n) is 5.45. The number of allylic oxidation sites excluding steroid dienone is 1. The van der Waals surface area contributed by atoms with E-state index in [0.717, 1.165) is 23.6 Å². The predicted octanol–water partition coefficient (Wildman–Crippen LogP) is 3.17. The Labute approximate surface area is 140 Å². The second kappa shape index (κ2) is 7.12. The van der Waals surface area contributed by atoms with Gasteiger partial charge in [0.25, 0.3) is 5.71 Å². The van der Waals surface area contributed by atoms with Crippen LogP contribution >= 0.6 is 0 Å². The van der Waals surface area contributed by atoms with Crippen molar-refractivity contribution in [1.82, 2.24) is 15.0 Å². The summed E-state index contributed by atoms with van der Waals surface area (Å²) < 4.78 is 11.4. The third kappa shape index (κ3) is 3.37. The van der Waals surface area contributed by atoms with Crippen LogP contribution in [0, 0.1) is 6.92 Å². The molecule has 0 amide bonds. The smallest absolute Gasteiger partial charge is 0.252 e. The Hall–Kier alpha value is -2.89. The molecule has 0 N–H and O–H groups in total. The molecule has 2 heterocycles. The number of benzene rings is 1. The number of oxazole rings is 1. The molecule has 24 heavy (non-hydrogen) atoms. The number of fused-ring (bicyclic) bond motifs is 1. The van der Waals surface area contributed by atoms with Crippen LogP contribution in [0.15, 0.2) is 47.7 Å². The van der Waals surface area contributed by atoms with E-state index in [2.05, 4.69) is 21.5 Å². The SMILES string of the molecule is C=CCc1ccccc1OCCN(C)c1ncnc2oc(C)nc12. The van der Waals surface area contributed by atoms with Gasteiger partial charge in [-0.3, -0.25) is 0 Å². The zero-order valence-electron chi connectivity index (χ0n) is 13.9. The molecule has 6 heteroatoms. The molecule has 0 aliphatic heterocycles. The summed E-state index contributed by atoms with van der Waals surface area (Å²) in [4.78, 5) is 14.8. The van der Waals surface area contributed by atoms with E-state index in [4.69, 9.17) is 9.15 Å². The van der Waals surface area contributed by atoms with Crippen LogP contribution in [0.1, 0.15) is 11.5 Å². The van der Waals surface area contributed by atoms with Crippen LogP contribution in [0.5, 0.6) is 5.75 Å². The van der Waals surface area contributed by atoms with Crippen LogP contribution in [0.3, 0.4) is 0 Å². The molecule has 3 rings (SSSR count). The fraction of sp³-hybridized carbons (Fsp3) is 0.278. The average Bonchev–Trinajstić information content (AvgIpc) is 2.96. The van der Waals surface area contributed by atoms with Gasteiger partial charge in [-0.25, -0.2) is 9.97 Å². The molecule has 0 unspecified atom stereocenters. The van der Waals surface area contributed by atoms with E-state index in [1.54, 1.807) is 6.92 Å². The third-order valence-corrected chi connectivity index (χ3v) is 3.67. The van der Waals surface area contributed by atoms with Crippen molar-refractivity contribution < 1.29 is 9.15 Å². The number of aryl methyl sites for hydroxylation is 1. The summed E-state index contributed by atoms with van der Waals surface area (Å²) in [5, 5.41) is 0. The predicted molar refractivity (Wildman–Crippen MR) is 93.4 cm³/mol. The molecule has 0 saturated heterocycles.